The van der Waals surface area contributed by atoms with Crippen molar-refractivity contribution < 1.29 is 23.5 Å². The molecule has 0 saturated heterocycles. The lowest BCUT2D eigenvalue weighted by Crippen LogP contribution is -2.30. The minimum Gasteiger partial charge on any atom is -0.496 e. The van der Waals surface area contributed by atoms with Crippen molar-refractivity contribution in [3.8, 4) is 5.75 Å². The molecule has 5 aromatic carbocycles. The molecule has 5 aromatic rings. The van der Waals surface area contributed by atoms with Gasteiger partial charge >= 0.3 is 0 Å². The highest BCUT2D eigenvalue weighted by Crippen LogP contribution is 2.37. The maximum atomic E-state index is 14.3. The van der Waals surface area contributed by atoms with Crippen LogP contribution in [0.2, 0.25) is 0 Å². The Hall–Kier alpha value is -5.67. The number of anilines is 2. The van der Waals surface area contributed by atoms with E-state index in [0.29, 0.717) is 27.5 Å². The third-order valence-electron chi connectivity index (χ3n) is 6.79. The molecule has 5 rings (SSSR count). The number of methoxy groups -OCH3 is 1. The first-order valence-electron chi connectivity index (χ1n) is 14.3. The van der Waals surface area contributed by atoms with Crippen molar-refractivity contribution in [2.75, 3.05) is 17.7 Å². The summed E-state index contributed by atoms with van der Waals surface area (Å²) < 4.78 is 19.8. The number of carbonyl (C=O) groups excluding carboxylic acids is 3. The lowest BCUT2D eigenvalue weighted by Gasteiger charge is -2.18. The number of thioether (sulfide) groups is 1. The zero-order valence-electron chi connectivity index (χ0n) is 24.8. The summed E-state index contributed by atoms with van der Waals surface area (Å²) in [6, 6.07) is 37.9. The topological polar surface area (TPSA) is 96.5 Å². The van der Waals surface area contributed by atoms with Gasteiger partial charge in [-0.2, -0.15) is 0 Å². The standard InChI is InChI=1S/C37H30FN3O4S/c1-45-33-22-11-8-17-27(33)23-32(41-35(42)26-15-6-3-7-16-26)36(43)39-28-18-12-19-29(24-28)46-34(25-13-4-2-5-14-25)37(44)40-31-21-10-9-20-30(31)38/h2-24,34H,1H3,(H,39,43)(H,40,44)(H,41,42)/b32-23+. The van der Waals surface area contributed by atoms with Crippen LogP contribution >= 0.6 is 11.8 Å². The van der Waals surface area contributed by atoms with Crippen LogP contribution in [0.5, 0.6) is 5.75 Å². The molecule has 230 valence electrons. The second-order valence-corrected chi connectivity index (χ2v) is 11.2. The van der Waals surface area contributed by atoms with Gasteiger partial charge in [0.25, 0.3) is 11.8 Å². The minimum absolute atomic E-state index is 0.00263. The molecule has 0 aliphatic heterocycles. The maximum absolute atomic E-state index is 14.3. The van der Waals surface area contributed by atoms with Crippen LogP contribution in [0.3, 0.4) is 0 Å². The number of halogens is 1. The van der Waals surface area contributed by atoms with Gasteiger partial charge in [0.05, 0.1) is 12.8 Å². The summed E-state index contributed by atoms with van der Waals surface area (Å²) in [5, 5.41) is 7.56. The average Bonchev–Trinajstić information content (AvgIpc) is 3.09. The van der Waals surface area contributed by atoms with Crippen molar-refractivity contribution in [1.29, 1.82) is 0 Å². The molecule has 0 radical (unpaired) electrons. The number of rotatable bonds is 11. The number of hydrogen-bond donors (Lipinski definition) is 3. The summed E-state index contributed by atoms with van der Waals surface area (Å²) in [5.41, 5.74) is 2.24. The van der Waals surface area contributed by atoms with Gasteiger partial charge in [0, 0.05) is 21.7 Å². The van der Waals surface area contributed by atoms with Gasteiger partial charge in [-0.15, -0.1) is 11.8 Å². The van der Waals surface area contributed by atoms with E-state index in [1.54, 1.807) is 91.0 Å². The van der Waals surface area contributed by atoms with E-state index in [-0.39, 0.29) is 11.4 Å². The quantitative estimate of drug-likeness (QED) is 0.103. The lowest BCUT2D eigenvalue weighted by atomic mass is 10.1. The second kappa shape index (κ2) is 15.4. The van der Waals surface area contributed by atoms with Crippen molar-refractivity contribution in [2.45, 2.75) is 10.1 Å². The number of nitrogens with one attached hydrogen (secondary N) is 3. The highest BCUT2D eigenvalue weighted by Gasteiger charge is 2.23. The summed E-state index contributed by atoms with van der Waals surface area (Å²) in [7, 11) is 1.53. The van der Waals surface area contributed by atoms with E-state index in [4.69, 9.17) is 4.74 Å². The van der Waals surface area contributed by atoms with Gasteiger partial charge in [0.2, 0.25) is 5.91 Å². The number of para-hydroxylation sites is 2. The molecule has 0 bridgehead atoms. The Bertz CT molecular complexity index is 1870. The number of benzene rings is 5. The van der Waals surface area contributed by atoms with E-state index in [0.717, 1.165) is 5.56 Å². The van der Waals surface area contributed by atoms with E-state index in [2.05, 4.69) is 16.0 Å². The molecule has 46 heavy (non-hydrogen) atoms. The van der Waals surface area contributed by atoms with E-state index < -0.39 is 28.8 Å². The molecular weight excluding hydrogens is 601 g/mol. The van der Waals surface area contributed by atoms with Crippen molar-refractivity contribution in [2.24, 2.45) is 0 Å². The zero-order chi connectivity index (χ0) is 32.3. The summed E-state index contributed by atoms with van der Waals surface area (Å²) in [6.45, 7) is 0. The molecule has 7 nitrogen and oxygen atoms in total. The van der Waals surface area contributed by atoms with Crippen molar-refractivity contribution in [3.63, 3.8) is 0 Å². The Morgan fingerprint density at radius 2 is 1.43 bits per heavy atom. The predicted octanol–water partition coefficient (Wildman–Crippen LogP) is 7.72. The SMILES string of the molecule is COc1ccccc1/C=C(/NC(=O)c1ccccc1)C(=O)Nc1cccc(SC(C(=O)Nc2ccccc2F)c2ccccc2)c1. The lowest BCUT2D eigenvalue weighted by molar-refractivity contribution is -0.116. The Balaban J connectivity index is 1.39. The van der Waals surface area contributed by atoms with Crippen LogP contribution in [0, 0.1) is 5.82 Å². The highest BCUT2D eigenvalue weighted by atomic mass is 32.2. The molecule has 1 unspecified atom stereocenters. The molecule has 0 aliphatic rings. The summed E-state index contributed by atoms with van der Waals surface area (Å²) in [5.74, 6) is -1.42. The Labute approximate surface area is 270 Å². The largest absolute Gasteiger partial charge is 0.496 e. The predicted molar refractivity (Wildman–Crippen MR) is 180 cm³/mol. The average molecular weight is 632 g/mol. The second-order valence-electron chi connectivity index (χ2n) is 9.98. The van der Waals surface area contributed by atoms with Crippen molar-refractivity contribution in [1.82, 2.24) is 5.32 Å². The van der Waals surface area contributed by atoms with Gasteiger partial charge in [0.1, 0.15) is 22.5 Å². The highest BCUT2D eigenvalue weighted by molar-refractivity contribution is 8.00. The van der Waals surface area contributed by atoms with E-state index in [1.807, 2.05) is 36.4 Å². The fourth-order valence-electron chi connectivity index (χ4n) is 4.53. The monoisotopic (exact) mass is 631 g/mol. The number of amides is 3. The summed E-state index contributed by atoms with van der Waals surface area (Å²) in [4.78, 5) is 40.8. The smallest absolute Gasteiger partial charge is 0.272 e. The van der Waals surface area contributed by atoms with Crippen LogP contribution in [-0.2, 0) is 9.59 Å². The van der Waals surface area contributed by atoms with Crippen LogP contribution in [0.1, 0.15) is 26.7 Å². The number of hydrogen-bond acceptors (Lipinski definition) is 5. The summed E-state index contributed by atoms with van der Waals surface area (Å²) in [6.07, 6.45) is 1.55. The fraction of sp³-hybridized carbons (Fsp3) is 0.0541. The van der Waals surface area contributed by atoms with E-state index in [9.17, 15) is 18.8 Å². The molecule has 3 amide bonds. The van der Waals surface area contributed by atoms with Gasteiger partial charge < -0.3 is 20.7 Å². The normalized spacial score (nSPS) is 11.7. The molecular formula is C37H30FN3O4S. The van der Waals surface area contributed by atoms with Crippen molar-refractivity contribution >= 4 is 46.9 Å². The molecule has 1 atom stereocenters. The zero-order valence-corrected chi connectivity index (χ0v) is 25.6. The van der Waals surface area contributed by atoms with Crippen LogP contribution < -0.4 is 20.7 Å². The minimum atomic E-state index is -0.724. The maximum Gasteiger partial charge on any atom is 0.272 e. The van der Waals surface area contributed by atoms with Gasteiger partial charge in [-0.1, -0.05) is 84.9 Å². The van der Waals surface area contributed by atoms with Crippen LogP contribution in [0.15, 0.2) is 144 Å². The van der Waals surface area contributed by atoms with E-state index in [1.165, 1.54) is 31.0 Å². The molecule has 3 N–H and O–H groups in total. The van der Waals surface area contributed by atoms with Crippen LogP contribution in [0.4, 0.5) is 15.8 Å². The number of ether oxygens (including phenoxy) is 1. The molecule has 0 aromatic heterocycles. The Morgan fingerprint density at radius 1 is 0.761 bits per heavy atom. The van der Waals surface area contributed by atoms with E-state index >= 15 is 0 Å². The van der Waals surface area contributed by atoms with Gasteiger partial charge in [0.15, 0.2) is 0 Å². The summed E-state index contributed by atoms with van der Waals surface area (Å²) >= 11 is 1.25. The Morgan fingerprint density at radius 3 is 2.17 bits per heavy atom. The third-order valence-corrected chi connectivity index (χ3v) is 8.03. The first-order chi connectivity index (χ1) is 22.4. The fourth-order valence-corrected chi connectivity index (χ4v) is 5.61. The molecule has 0 saturated carbocycles. The molecule has 9 heteroatoms. The molecule has 0 spiro atoms. The van der Waals surface area contributed by atoms with Crippen LogP contribution in [0.25, 0.3) is 6.08 Å². The van der Waals surface area contributed by atoms with Crippen LogP contribution in [-0.4, -0.2) is 24.8 Å². The third kappa shape index (κ3) is 8.28. The Kier molecular flexibility index (Phi) is 10.6. The van der Waals surface area contributed by atoms with Gasteiger partial charge in [-0.25, -0.2) is 4.39 Å². The molecule has 0 heterocycles. The van der Waals surface area contributed by atoms with Gasteiger partial charge in [-0.05, 0) is 60.2 Å². The first-order valence-corrected chi connectivity index (χ1v) is 15.2. The molecule has 0 fully saturated rings. The van der Waals surface area contributed by atoms with Gasteiger partial charge in [-0.3, -0.25) is 14.4 Å². The van der Waals surface area contributed by atoms with Crippen molar-refractivity contribution in [3.05, 3.63) is 162 Å². The molecule has 0 aliphatic carbocycles. The first kappa shape index (κ1) is 31.7. The number of carbonyl (C=O) groups is 3.